The number of nitro benzene ring substituents is 1. The van der Waals surface area contributed by atoms with Gasteiger partial charge in [-0.15, -0.1) is 0 Å². The average Bonchev–Trinajstić information content (AvgIpc) is 3.37. The second kappa shape index (κ2) is 12.0. The second-order valence-electron chi connectivity index (χ2n) is 7.35. The van der Waals surface area contributed by atoms with Gasteiger partial charge in [-0.25, -0.2) is 0 Å². The summed E-state index contributed by atoms with van der Waals surface area (Å²) in [6.07, 6.45) is 4.90. The highest BCUT2D eigenvalue weighted by molar-refractivity contribution is 6.05. The van der Waals surface area contributed by atoms with Crippen LogP contribution in [0.15, 0.2) is 77.0 Å². The number of non-ortho nitro benzene ring substituents is 1. The quantitative estimate of drug-likeness (QED) is 0.187. The molecule has 2 N–H and O–H groups in total. The number of unbranched alkanes of at least 4 members (excludes halogenated alkanes) is 1. The molecule has 0 aliphatic heterocycles. The van der Waals surface area contributed by atoms with Gasteiger partial charge in [0, 0.05) is 17.7 Å². The maximum absolute atomic E-state index is 12.8. The Labute approximate surface area is 196 Å². The number of hydrogen-bond donors (Lipinski definition) is 2. The first-order valence-electron chi connectivity index (χ1n) is 10.8. The number of ether oxygens (including phenoxy) is 1. The van der Waals surface area contributed by atoms with Gasteiger partial charge in [-0.3, -0.25) is 19.7 Å². The topological polar surface area (TPSA) is 124 Å². The molecule has 0 bridgehead atoms. The third-order valence-corrected chi connectivity index (χ3v) is 4.79. The first kappa shape index (κ1) is 24.2. The molecule has 1 heterocycles. The molecule has 2 aromatic carbocycles. The summed E-state index contributed by atoms with van der Waals surface area (Å²) in [6.45, 7) is 2.80. The summed E-state index contributed by atoms with van der Waals surface area (Å²) in [5.41, 5.74) is 0.755. The number of carbonyl (C=O) groups is 2. The van der Waals surface area contributed by atoms with Gasteiger partial charge in [0.1, 0.15) is 17.2 Å². The van der Waals surface area contributed by atoms with Gasteiger partial charge < -0.3 is 19.8 Å². The number of hydrogen-bond acceptors (Lipinski definition) is 6. The van der Waals surface area contributed by atoms with E-state index in [4.69, 9.17) is 9.15 Å². The molecule has 0 saturated heterocycles. The molecule has 0 aliphatic carbocycles. The number of nitrogens with zero attached hydrogens (tertiary/aromatic N) is 1. The van der Waals surface area contributed by atoms with Gasteiger partial charge in [0.2, 0.25) is 0 Å². The number of nitrogens with one attached hydrogen (secondary N) is 2. The Hall–Kier alpha value is -4.40. The van der Waals surface area contributed by atoms with E-state index in [1.54, 1.807) is 36.4 Å². The molecule has 34 heavy (non-hydrogen) atoms. The van der Waals surface area contributed by atoms with Gasteiger partial charge in [-0.05, 0) is 66.6 Å². The summed E-state index contributed by atoms with van der Waals surface area (Å²) in [6, 6.07) is 15.7. The fourth-order valence-electron chi connectivity index (χ4n) is 2.92. The molecule has 0 saturated carbocycles. The Morgan fingerprint density at radius 2 is 1.82 bits per heavy atom. The predicted octanol–water partition coefficient (Wildman–Crippen LogP) is 4.45. The maximum Gasteiger partial charge on any atom is 0.269 e. The molecule has 176 valence electrons. The molecule has 0 radical (unpaired) electrons. The van der Waals surface area contributed by atoms with Gasteiger partial charge in [-0.2, -0.15) is 0 Å². The lowest BCUT2D eigenvalue weighted by atomic mass is 10.1. The first-order valence-corrected chi connectivity index (χ1v) is 10.8. The van der Waals surface area contributed by atoms with Crippen molar-refractivity contribution in [1.29, 1.82) is 0 Å². The molecule has 0 atom stereocenters. The lowest BCUT2D eigenvalue weighted by molar-refractivity contribution is -0.384. The van der Waals surface area contributed by atoms with E-state index in [0.29, 0.717) is 29.2 Å². The molecule has 0 aliphatic rings. The van der Waals surface area contributed by atoms with Crippen molar-refractivity contribution in [3.8, 4) is 5.75 Å². The normalized spacial score (nSPS) is 11.0. The zero-order valence-corrected chi connectivity index (χ0v) is 18.7. The molecule has 9 heteroatoms. The van der Waals surface area contributed by atoms with E-state index in [1.165, 1.54) is 36.6 Å². The smallest absolute Gasteiger partial charge is 0.269 e. The number of furan rings is 1. The number of rotatable bonds is 11. The predicted molar refractivity (Wildman–Crippen MR) is 126 cm³/mol. The van der Waals surface area contributed by atoms with E-state index < -0.39 is 16.7 Å². The van der Waals surface area contributed by atoms with Crippen molar-refractivity contribution in [2.24, 2.45) is 0 Å². The van der Waals surface area contributed by atoms with Crippen LogP contribution in [0, 0.1) is 10.1 Å². The van der Waals surface area contributed by atoms with Crippen LogP contribution >= 0.6 is 0 Å². The van der Waals surface area contributed by atoms with Crippen molar-refractivity contribution >= 4 is 23.6 Å². The highest BCUT2D eigenvalue weighted by atomic mass is 16.6. The summed E-state index contributed by atoms with van der Waals surface area (Å²) < 4.78 is 10.8. The number of amides is 2. The molecular formula is C25H25N3O6. The van der Waals surface area contributed by atoms with Crippen molar-refractivity contribution in [2.75, 3.05) is 6.61 Å². The van der Waals surface area contributed by atoms with Crippen LogP contribution in [0.3, 0.4) is 0 Å². The molecule has 0 fully saturated rings. The molecule has 2 amide bonds. The van der Waals surface area contributed by atoms with Gasteiger partial charge in [0.25, 0.3) is 17.5 Å². The van der Waals surface area contributed by atoms with E-state index in [2.05, 4.69) is 17.6 Å². The third kappa shape index (κ3) is 7.06. The van der Waals surface area contributed by atoms with Crippen LogP contribution in [0.4, 0.5) is 5.69 Å². The summed E-state index contributed by atoms with van der Waals surface area (Å²) in [5, 5.41) is 16.2. The Kier molecular flexibility index (Phi) is 8.56. The molecular weight excluding hydrogens is 438 g/mol. The Morgan fingerprint density at radius 1 is 1.09 bits per heavy atom. The van der Waals surface area contributed by atoms with Crippen molar-refractivity contribution in [3.05, 3.63) is 99.6 Å². The zero-order chi connectivity index (χ0) is 24.3. The number of carbonyl (C=O) groups excluding carboxylic acids is 2. The Morgan fingerprint density at radius 3 is 2.44 bits per heavy atom. The number of nitro groups is 1. The van der Waals surface area contributed by atoms with Crippen LogP contribution in [0.2, 0.25) is 0 Å². The summed E-state index contributed by atoms with van der Waals surface area (Å²) in [7, 11) is 0. The second-order valence-corrected chi connectivity index (χ2v) is 7.35. The minimum absolute atomic E-state index is 0.0197. The van der Waals surface area contributed by atoms with Crippen LogP contribution in [-0.2, 0) is 11.3 Å². The Balaban J connectivity index is 1.76. The van der Waals surface area contributed by atoms with Crippen LogP contribution in [0.5, 0.6) is 5.75 Å². The van der Waals surface area contributed by atoms with Crippen LogP contribution < -0.4 is 15.4 Å². The first-order chi connectivity index (χ1) is 16.5. The lowest BCUT2D eigenvalue weighted by Crippen LogP contribution is -2.34. The number of benzene rings is 2. The fraction of sp³-hybridized carbons (Fsp3) is 0.200. The highest BCUT2D eigenvalue weighted by Gasteiger charge is 2.16. The summed E-state index contributed by atoms with van der Waals surface area (Å²) in [5.74, 6) is 0.180. The van der Waals surface area contributed by atoms with Crippen molar-refractivity contribution in [2.45, 2.75) is 26.3 Å². The van der Waals surface area contributed by atoms with Crippen LogP contribution in [0.1, 0.15) is 41.4 Å². The lowest BCUT2D eigenvalue weighted by Gasteiger charge is -2.11. The molecule has 0 spiro atoms. The van der Waals surface area contributed by atoms with E-state index in [1.807, 2.05) is 0 Å². The van der Waals surface area contributed by atoms with E-state index in [9.17, 15) is 19.7 Å². The van der Waals surface area contributed by atoms with Crippen LogP contribution in [-0.4, -0.2) is 23.3 Å². The highest BCUT2D eigenvalue weighted by Crippen LogP contribution is 2.16. The van der Waals surface area contributed by atoms with Gasteiger partial charge in [0.05, 0.1) is 24.3 Å². The largest absolute Gasteiger partial charge is 0.494 e. The fourth-order valence-corrected chi connectivity index (χ4v) is 2.92. The molecule has 9 nitrogen and oxygen atoms in total. The van der Waals surface area contributed by atoms with E-state index in [0.717, 1.165) is 12.8 Å². The van der Waals surface area contributed by atoms with Crippen molar-refractivity contribution < 1.29 is 23.7 Å². The summed E-state index contributed by atoms with van der Waals surface area (Å²) >= 11 is 0. The standard InChI is InChI=1S/C25H25N3O6/c1-2-3-14-33-21-12-8-19(9-13-21)24(29)27-23(25(30)26-17-22-5-4-15-34-22)16-18-6-10-20(11-7-18)28(31)32/h4-13,15-16H,2-3,14,17H2,1H3,(H,26,30)(H,27,29)/b23-16+. The SMILES string of the molecule is CCCCOc1ccc(C(=O)N/C(=C/c2ccc([N+](=O)[O-])cc2)C(=O)NCc2ccco2)cc1. The van der Waals surface area contributed by atoms with E-state index in [-0.39, 0.29) is 17.9 Å². The zero-order valence-electron chi connectivity index (χ0n) is 18.7. The van der Waals surface area contributed by atoms with Gasteiger partial charge in [-0.1, -0.05) is 13.3 Å². The molecule has 0 unspecified atom stereocenters. The minimum Gasteiger partial charge on any atom is -0.494 e. The van der Waals surface area contributed by atoms with Crippen molar-refractivity contribution in [3.63, 3.8) is 0 Å². The Bertz CT molecular complexity index is 1140. The third-order valence-electron chi connectivity index (χ3n) is 4.79. The van der Waals surface area contributed by atoms with Gasteiger partial charge >= 0.3 is 0 Å². The van der Waals surface area contributed by atoms with Crippen molar-refractivity contribution in [1.82, 2.24) is 10.6 Å². The monoisotopic (exact) mass is 463 g/mol. The minimum atomic E-state index is -0.539. The molecule has 3 rings (SSSR count). The van der Waals surface area contributed by atoms with Gasteiger partial charge in [0.15, 0.2) is 0 Å². The molecule has 3 aromatic rings. The maximum atomic E-state index is 12.8. The van der Waals surface area contributed by atoms with Crippen LogP contribution in [0.25, 0.3) is 6.08 Å². The molecule has 1 aromatic heterocycles. The summed E-state index contributed by atoms with van der Waals surface area (Å²) in [4.78, 5) is 36.0. The van der Waals surface area contributed by atoms with E-state index >= 15 is 0 Å². The average molecular weight is 463 g/mol.